The standard InChI is InChI=1S/C25H30ClN7O2.ClH/c1-17-13-28-23(15-27-17)32-24-20-11-18(5-6-22(20)30-16-31-24)35-25-21(26)12-19(14-29-25)34-10-4-9-33-7-2-3-8-33;/h5-6,12-16,18,22H,2-4,7-11H2,1H3,(H,28,32)(H,30,31);1H. The molecule has 1 aliphatic carbocycles. The van der Waals surface area contributed by atoms with Gasteiger partial charge in [-0.25, -0.2) is 9.97 Å². The maximum Gasteiger partial charge on any atom is 0.233 e. The molecule has 3 aliphatic rings. The zero-order chi connectivity index (χ0) is 24.0. The van der Waals surface area contributed by atoms with Crippen LogP contribution in [0, 0.1) is 6.92 Å². The molecule has 192 valence electrons. The first-order chi connectivity index (χ1) is 17.1. The molecule has 0 radical (unpaired) electrons. The number of fused-ring (bicyclic) bond motifs is 1. The van der Waals surface area contributed by atoms with Crippen LogP contribution in [0.4, 0.5) is 5.82 Å². The van der Waals surface area contributed by atoms with Gasteiger partial charge in [-0.05, 0) is 45.4 Å². The Bertz CT molecular complexity index is 1120. The van der Waals surface area contributed by atoms with Crippen LogP contribution in [0.3, 0.4) is 0 Å². The lowest BCUT2D eigenvalue weighted by molar-refractivity contribution is 0.231. The number of rotatable bonds is 9. The Morgan fingerprint density at radius 1 is 1.14 bits per heavy atom. The molecule has 2 aromatic heterocycles. The molecule has 5 rings (SSSR count). The number of halogens is 2. The minimum atomic E-state index is -0.227. The van der Waals surface area contributed by atoms with Crippen LogP contribution in [0.15, 0.2) is 53.2 Å². The molecule has 0 spiro atoms. The van der Waals surface area contributed by atoms with Crippen molar-refractivity contribution in [1.29, 1.82) is 0 Å². The van der Waals surface area contributed by atoms with E-state index in [4.69, 9.17) is 21.1 Å². The lowest BCUT2D eigenvalue weighted by Crippen LogP contribution is -2.34. The van der Waals surface area contributed by atoms with E-state index in [0.717, 1.165) is 30.1 Å². The van der Waals surface area contributed by atoms with Crippen molar-refractivity contribution in [3.63, 3.8) is 0 Å². The lowest BCUT2D eigenvalue weighted by Gasteiger charge is -2.29. The number of aliphatic imine (C=N–C) groups is 1. The highest BCUT2D eigenvalue weighted by atomic mass is 35.5. The molecule has 36 heavy (non-hydrogen) atoms. The Morgan fingerprint density at radius 2 is 2.00 bits per heavy atom. The van der Waals surface area contributed by atoms with E-state index in [0.29, 0.717) is 35.5 Å². The third-order valence-electron chi connectivity index (χ3n) is 6.22. The van der Waals surface area contributed by atoms with Crippen LogP contribution >= 0.6 is 24.0 Å². The third kappa shape index (κ3) is 6.66. The minimum absolute atomic E-state index is 0. The Kier molecular flexibility index (Phi) is 9.01. The highest BCUT2D eigenvalue weighted by molar-refractivity contribution is 6.31. The molecule has 0 saturated carbocycles. The number of nitrogens with zero attached hydrogens (tertiary/aromatic N) is 5. The van der Waals surface area contributed by atoms with Crippen LogP contribution in [0.25, 0.3) is 0 Å². The number of hydrogen-bond donors (Lipinski definition) is 2. The zero-order valence-electron chi connectivity index (χ0n) is 20.2. The number of aryl methyl sites for hydroxylation is 1. The number of aromatic nitrogens is 3. The van der Waals surface area contributed by atoms with Gasteiger partial charge in [0.2, 0.25) is 5.88 Å². The summed E-state index contributed by atoms with van der Waals surface area (Å²) in [5.41, 5.74) is 1.93. The topological polar surface area (TPSA) is 96.8 Å². The molecule has 0 amide bonds. The van der Waals surface area contributed by atoms with Crippen LogP contribution in [-0.4, -0.2) is 64.6 Å². The predicted octanol–water partition coefficient (Wildman–Crippen LogP) is 4.15. The van der Waals surface area contributed by atoms with Gasteiger partial charge in [-0.2, -0.15) is 0 Å². The van der Waals surface area contributed by atoms with Gasteiger partial charge in [0.1, 0.15) is 28.5 Å². The number of pyridine rings is 1. The van der Waals surface area contributed by atoms with E-state index >= 15 is 0 Å². The van der Waals surface area contributed by atoms with Crippen molar-refractivity contribution in [3.05, 3.63) is 58.9 Å². The second-order valence-corrected chi connectivity index (χ2v) is 9.30. The molecular formula is C25H31Cl2N7O2. The first-order valence-electron chi connectivity index (χ1n) is 12.1. The van der Waals surface area contributed by atoms with Crippen molar-refractivity contribution >= 4 is 36.2 Å². The van der Waals surface area contributed by atoms with E-state index < -0.39 is 0 Å². The van der Waals surface area contributed by atoms with E-state index in [-0.39, 0.29) is 24.6 Å². The van der Waals surface area contributed by atoms with Gasteiger partial charge in [-0.15, -0.1) is 12.4 Å². The number of likely N-dealkylation sites (tertiary alicyclic amines) is 1. The summed E-state index contributed by atoms with van der Waals surface area (Å²) in [5.74, 6) is 2.53. The summed E-state index contributed by atoms with van der Waals surface area (Å²) in [6, 6.07) is 1.71. The molecule has 1 fully saturated rings. The van der Waals surface area contributed by atoms with Crippen LogP contribution in [-0.2, 0) is 0 Å². The fraction of sp³-hybridized carbons (Fsp3) is 0.440. The van der Waals surface area contributed by atoms with Gasteiger partial charge in [0.15, 0.2) is 0 Å². The Morgan fingerprint density at radius 3 is 2.78 bits per heavy atom. The molecule has 2 aromatic rings. The smallest absolute Gasteiger partial charge is 0.233 e. The Labute approximate surface area is 222 Å². The predicted molar refractivity (Wildman–Crippen MR) is 143 cm³/mol. The summed E-state index contributed by atoms with van der Waals surface area (Å²) in [7, 11) is 0. The first kappa shape index (κ1) is 26.2. The highest BCUT2D eigenvalue weighted by Crippen LogP contribution is 2.31. The fourth-order valence-electron chi connectivity index (χ4n) is 4.40. The van der Waals surface area contributed by atoms with Crippen molar-refractivity contribution in [2.45, 2.75) is 44.8 Å². The van der Waals surface area contributed by atoms with Crippen LogP contribution in [0.2, 0.25) is 5.02 Å². The summed E-state index contributed by atoms with van der Waals surface area (Å²) in [6.45, 7) is 6.02. The monoisotopic (exact) mass is 531 g/mol. The van der Waals surface area contributed by atoms with Crippen molar-refractivity contribution < 1.29 is 9.47 Å². The van der Waals surface area contributed by atoms with Gasteiger partial charge in [0.25, 0.3) is 0 Å². The normalized spacial score (nSPS) is 20.9. The molecular weight excluding hydrogens is 501 g/mol. The van der Waals surface area contributed by atoms with Crippen molar-refractivity contribution in [3.8, 4) is 11.6 Å². The molecule has 2 aliphatic heterocycles. The van der Waals surface area contributed by atoms with Crippen molar-refractivity contribution in [2.75, 3.05) is 31.6 Å². The van der Waals surface area contributed by atoms with Gasteiger partial charge in [0, 0.05) is 24.6 Å². The van der Waals surface area contributed by atoms with Gasteiger partial charge in [-0.1, -0.05) is 17.7 Å². The van der Waals surface area contributed by atoms with Gasteiger partial charge in [-0.3, -0.25) is 9.98 Å². The van der Waals surface area contributed by atoms with Gasteiger partial charge < -0.3 is 25.0 Å². The maximum atomic E-state index is 6.48. The number of anilines is 1. The summed E-state index contributed by atoms with van der Waals surface area (Å²) in [4.78, 5) is 20.1. The summed E-state index contributed by atoms with van der Waals surface area (Å²) < 4.78 is 12.0. The van der Waals surface area contributed by atoms with Crippen LogP contribution in [0.5, 0.6) is 11.6 Å². The number of ether oxygens (including phenoxy) is 2. The summed E-state index contributed by atoms with van der Waals surface area (Å²) >= 11 is 6.48. The highest BCUT2D eigenvalue weighted by Gasteiger charge is 2.27. The molecule has 0 bridgehead atoms. The molecule has 2 unspecified atom stereocenters. The van der Waals surface area contributed by atoms with Crippen LogP contribution in [0.1, 0.15) is 31.4 Å². The second-order valence-electron chi connectivity index (χ2n) is 8.89. The summed E-state index contributed by atoms with van der Waals surface area (Å²) in [6.07, 6.45) is 14.8. The second kappa shape index (κ2) is 12.4. The summed E-state index contributed by atoms with van der Waals surface area (Å²) in [5, 5.41) is 6.92. The molecule has 0 aromatic carbocycles. The minimum Gasteiger partial charge on any atom is -0.492 e. The lowest BCUT2D eigenvalue weighted by atomic mass is 9.93. The molecule has 4 heterocycles. The number of nitrogens with one attached hydrogen (secondary N) is 2. The molecule has 11 heteroatoms. The number of hydrogen-bond acceptors (Lipinski definition) is 9. The molecule has 1 saturated heterocycles. The zero-order valence-corrected chi connectivity index (χ0v) is 21.8. The molecule has 2 N–H and O–H groups in total. The first-order valence-corrected chi connectivity index (χ1v) is 12.4. The average molecular weight is 532 g/mol. The van der Waals surface area contributed by atoms with E-state index in [1.54, 1.807) is 31.0 Å². The van der Waals surface area contributed by atoms with E-state index in [1.165, 1.54) is 25.9 Å². The maximum absolute atomic E-state index is 6.48. The SMILES string of the molecule is Cc1cnc(NC2=C3CC(Oc4ncc(OCCCN5CCCC5)cc4Cl)C=CC3N=CN2)cn1.Cl. The Balaban J connectivity index is 0.00000304. The van der Waals surface area contributed by atoms with Crippen molar-refractivity contribution in [2.24, 2.45) is 4.99 Å². The van der Waals surface area contributed by atoms with E-state index in [9.17, 15) is 0 Å². The third-order valence-corrected chi connectivity index (χ3v) is 6.49. The fourth-order valence-corrected chi connectivity index (χ4v) is 4.60. The van der Waals surface area contributed by atoms with Crippen molar-refractivity contribution in [1.82, 2.24) is 25.2 Å². The Hall–Kier alpha value is -2.88. The molecule has 2 atom stereocenters. The largest absolute Gasteiger partial charge is 0.492 e. The molecule has 9 nitrogen and oxygen atoms in total. The van der Waals surface area contributed by atoms with E-state index in [1.807, 2.05) is 19.1 Å². The van der Waals surface area contributed by atoms with Gasteiger partial charge >= 0.3 is 0 Å². The van der Waals surface area contributed by atoms with Gasteiger partial charge in [0.05, 0.1) is 43.3 Å². The van der Waals surface area contributed by atoms with E-state index in [2.05, 4.69) is 35.5 Å². The quantitative estimate of drug-likeness (QED) is 0.367. The average Bonchev–Trinajstić information content (AvgIpc) is 3.39. The van der Waals surface area contributed by atoms with Crippen LogP contribution < -0.4 is 20.1 Å².